The number of piperidine rings is 1. The first kappa shape index (κ1) is 26.0. The molecule has 11 heteroatoms. The number of anilines is 3. The third-order valence-electron chi connectivity index (χ3n) is 6.25. The fourth-order valence-electron chi connectivity index (χ4n) is 4.10. The van der Waals surface area contributed by atoms with Gasteiger partial charge in [-0.15, -0.1) is 11.3 Å². The number of hydrogen-bond acceptors (Lipinski definition) is 7. The predicted molar refractivity (Wildman–Crippen MR) is 145 cm³/mol. The summed E-state index contributed by atoms with van der Waals surface area (Å²) in [7, 11) is 5.41. The monoisotopic (exact) mass is 522 g/mol. The predicted octanol–water partition coefficient (Wildman–Crippen LogP) is 3.98. The van der Waals surface area contributed by atoms with Gasteiger partial charge in [0.25, 0.3) is 5.91 Å². The van der Waals surface area contributed by atoms with Crippen molar-refractivity contribution in [3.05, 3.63) is 64.1 Å². The molecule has 0 aliphatic carbocycles. The summed E-state index contributed by atoms with van der Waals surface area (Å²) >= 11 is 1.43. The van der Waals surface area contributed by atoms with Crippen molar-refractivity contribution in [3.63, 3.8) is 0 Å². The molecule has 1 aliphatic rings. The van der Waals surface area contributed by atoms with E-state index in [1.54, 1.807) is 16.3 Å². The van der Waals surface area contributed by atoms with Gasteiger partial charge in [-0.1, -0.05) is 0 Å². The number of ether oxygens (including phenoxy) is 1. The molecule has 2 aromatic carbocycles. The highest BCUT2D eigenvalue weighted by Gasteiger charge is 2.26. The Morgan fingerprint density at radius 1 is 1.08 bits per heavy atom. The summed E-state index contributed by atoms with van der Waals surface area (Å²) < 4.78 is 5.27. The van der Waals surface area contributed by atoms with Crippen LogP contribution in [-0.2, 0) is 0 Å². The zero-order chi connectivity index (χ0) is 26.5. The Kier molecular flexibility index (Phi) is 7.92. The molecule has 37 heavy (non-hydrogen) atoms. The van der Waals surface area contributed by atoms with Crippen LogP contribution in [0.1, 0.15) is 44.6 Å². The van der Waals surface area contributed by atoms with Crippen LogP contribution in [-0.4, -0.2) is 62.0 Å². The van der Waals surface area contributed by atoms with Gasteiger partial charge in [0.05, 0.1) is 17.8 Å². The number of thiazole rings is 1. The number of benzene rings is 2. The number of nitrogens with two attached hydrogens (primary N) is 1. The molecule has 1 aromatic heterocycles. The highest BCUT2D eigenvalue weighted by Crippen LogP contribution is 2.31. The van der Waals surface area contributed by atoms with Crippen LogP contribution in [0, 0.1) is 0 Å². The van der Waals surface area contributed by atoms with Gasteiger partial charge in [0.15, 0.2) is 0 Å². The zero-order valence-electron chi connectivity index (χ0n) is 21.0. The van der Waals surface area contributed by atoms with Crippen LogP contribution in [0.5, 0.6) is 5.75 Å². The second-order valence-electron chi connectivity index (χ2n) is 8.94. The van der Waals surface area contributed by atoms with Crippen LogP contribution < -0.4 is 26.0 Å². The maximum absolute atomic E-state index is 12.8. The van der Waals surface area contributed by atoms with Crippen molar-refractivity contribution in [3.8, 4) is 5.75 Å². The normalized spacial score (nSPS) is 13.6. The first-order valence-corrected chi connectivity index (χ1v) is 12.7. The van der Waals surface area contributed by atoms with Crippen molar-refractivity contribution in [2.24, 2.45) is 5.73 Å². The molecule has 1 aliphatic heterocycles. The number of amides is 4. The molecule has 2 heterocycles. The first-order chi connectivity index (χ1) is 17.7. The largest absolute Gasteiger partial charge is 0.495 e. The Labute approximate surface area is 219 Å². The number of nitrogens with zero attached hydrogens (tertiary/aromatic N) is 3. The summed E-state index contributed by atoms with van der Waals surface area (Å²) in [5.74, 6) is -0.424. The Hall–Kier alpha value is -4.12. The number of hydrogen-bond donors (Lipinski definition) is 3. The molecule has 10 nitrogen and oxygen atoms in total. The number of urea groups is 1. The Bertz CT molecular complexity index is 1280. The van der Waals surface area contributed by atoms with E-state index in [4.69, 9.17) is 10.5 Å². The summed E-state index contributed by atoms with van der Waals surface area (Å²) in [6.07, 6.45) is 1.52. The van der Waals surface area contributed by atoms with E-state index in [1.165, 1.54) is 30.6 Å². The molecule has 0 bridgehead atoms. The second-order valence-corrected chi connectivity index (χ2v) is 9.83. The number of likely N-dealkylation sites (tertiary alicyclic amines) is 1. The number of carbonyl (C=O) groups is 3. The van der Waals surface area contributed by atoms with Gasteiger partial charge in [-0.25, -0.2) is 9.78 Å². The van der Waals surface area contributed by atoms with Crippen molar-refractivity contribution in [1.29, 1.82) is 0 Å². The van der Waals surface area contributed by atoms with Crippen molar-refractivity contribution in [2.45, 2.75) is 18.8 Å². The average Bonchev–Trinajstić information content (AvgIpc) is 3.39. The quantitative estimate of drug-likeness (QED) is 0.430. The van der Waals surface area contributed by atoms with E-state index < -0.39 is 11.8 Å². The van der Waals surface area contributed by atoms with Crippen molar-refractivity contribution in [1.82, 2.24) is 9.88 Å². The lowest BCUT2D eigenvalue weighted by atomic mass is 9.98. The van der Waals surface area contributed by atoms with Crippen LogP contribution >= 0.6 is 11.3 Å². The smallest absolute Gasteiger partial charge is 0.321 e. The molecule has 1 saturated heterocycles. The lowest BCUT2D eigenvalue weighted by Gasteiger charge is -2.31. The molecule has 4 rings (SSSR count). The molecule has 0 spiro atoms. The van der Waals surface area contributed by atoms with E-state index >= 15 is 0 Å². The van der Waals surface area contributed by atoms with E-state index in [1.807, 2.05) is 43.3 Å². The highest BCUT2D eigenvalue weighted by molar-refractivity contribution is 7.10. The van der Waals surface area contributed by atoms with E-state index in [9.17, 15) is 14.4 Å². The number of rotatable bonds is 7. The van der Waals surface area contributed by atoms with Gasteiger partial charge in [-0.05, 0) is 55.3 Å². The fraction of sp³-hybridized carbons (Fsp3) is 0.308. The molecule has 0 radical (unpaired) electrons. The molecule has 0 unspecified atom stereocenters. The molecule has 3 aromatic rings. The van der Waals surface area contributed by atoms with Crippen LogP contribution in [0.3, 0.4) is 0 Å². The van der Waals surface area contributed by atoms with E-state index in [0.29, 0.717) is 24.5 Å². The maximum Gasteiger partial charge on any atom is 0.321 e. The van der Waals surface area contributed by atoms with Gasteiger partial charge in [0.1, 0.15) is 11.4 Å². The average molecular weight is 523 g/mol. The van der Waals surface area contributed by atoms with Crippen molar-refractivity contribution >= 4 is 46.2 Å². The van der Waals surface area contributed by atoms with E-state index in [2.05, 4.69) is 15.6 Å². The molecule has 0 atom stereocenters. The third kappa shape index (κ3) is 6.18. The van der Waals surface area contributed by atoms with Crippen LogP contribution in [0.2, 0.25) is 0 Å². The summed E-state index contributed by atoms with van der Waals surface area (Å²) in [5, 5.41) is 8.29. The summed E-state index contributed by atoms with van der Waals surface area (Å²) in [6, 6.07) is 12.2. The minimum atomic E-state index is -0.601. The Morgan fingerprint density at radius 3 is 2.41 bits per heavy atom. The van der Waals surface area contributed by atoms with Crippen LogP contribution in [0.15, 0.2) is 47.8 Å². The van der Waals surface area contributed by atoms with Gasteiger partial charge >= 0.3 is 6.03 Å². The lowest BCUT2D eigenvalue weighted by Crippen LogP contribution is -2.40. The Morgan fingerprint density at radius 2 is 1.78 bits per heavy atom. The standard InChI is InChI=1S/C26H30N6O4S/c1-31(2)19-7-5-18(6-8-19)28-26(35)32-12-10-16(11-13-32)25-30-21(15-37-25)24(34)29-20-14-17(23(27)33)4-9-22(20)36-3/h4-9,14-16H,10-13H2,1-3H3,(H2,27,33)(H,28,35)(H,29,34). The van der Waals surface area contributed by atoms with Gasteiger partial charge in [-0.2, -0.15) is 0 Å². The number of methoxy groups -OCH3 is 1. The van der Waals surface area contributed by atoms with Crippen molar-refractivity contribution < 1.29 is 19.1 Å². The van der Waals surface area contributed by atoms with Gasteiger partial charge in [0, 0.05) is 55.4 Å². The maximum atomic E-state index is 12.8. The van der Waals surface area contributed by atoms with E-state index in [-0.39, 0.29) is 23.2 Å². The summed E-state index contributed by atoms with van der Waals surface area (Å²) in [5.41, 5.74) is 8.06. The molecule has 1 fully saturated rings. The number of primary amides is 1. The SMILES string of the molecule is COc1ccc(C(N)=O)cc1NC(=O)c1csc(C2CCN(C(=O)Nc3ccc(N(C)C)cc3)CC2)n1. The minimum absolute atomic E-state index is 0.123. The number of aromatic nitrogens is 1. The molecule has 194 valence electrons. The van der Waals surface area contributed by atoms with Gasteiger partial charge < -0.3 is 30.9 Å². The lowest BCUT2D eigenvalue weighted by molar-refractivity contribution is 0.0995. The van der Waals surface area contributed by atoms with Gasteiger partial charge in [0.2, 0.25) is 5.91 Å². The fourth-order valence-corrected chi connectivity index (χ4v) is 5.07. The molecular formula is C26H30N6O4S. The summed E-state index contributed by atoms with van der Waals surface area (Å²) in [6.45, 7) is 1.20. The van der Waals surface area contributed by atoms with Crippen LogP contribution in [0.4, 0.5) is 21.9 Å². The molecular weight excluding hydrogens is 492 g/mol. The van der Waals surface area contributed by atoms with E-state index in [0.717, 1.165) is 29.2 Å². The van der Waals surface area contributed by atoms with Crippen LogP contribution in [0.25, 0.3) is 0 Å². The van der Waals surface area contributed by atoms with Gasteiger partial charge in [-0.3, -0.25) is 9.59 Å². The third-order valence-corrected chi connectivity index (χ3v) is 7.26. The topological polar surface area (TPSA) is 130 Å². The molecule has 4 N–H and O–H groups in total. The summed E-state index contributed by atoms with van der Waals surface area (Å²) in [4.78, 5) is 45.4. The minimum Gasteiger partial charge on any atom is -0.495 e. The van der Waals surface area contributed by atoms with Crippen molar-refractivity contribution in [2.75, 3.05) is 49.8 Å². The second kappa shape index (κ2) is 11.3. The highest BCUT2D eigenvalue weighted by atomic mass is 32.1. The Balaban J connectivity index is 1.33. The number of nitrogens with one attached hydrogen (secondary N) is 2. The zero-order valence-corrected chi connectivity index (χ0v) is 21.8. The first-order valence-electron chi connectivity index (χ1n) is 11.8. The molecule has 0 saturated carbocycles. The molecule has 4 amide bonds. The number of carbonyl (C=O) groups excluding carboxylic acids is 3.